The van der Waals surface area contributed by atoms with Gasteiger partial charge in [-0.25, -0.2) is 0 Å². The standard InChI is InChI=1S/C29H37N5O3/c1-20(35)24(17-23-15-13-22(14-16-23)12-11-21-9-7-6-8-10-21)33-26(36)19-32-27(37)25(18-29(2,3)4)34-28(30)31-5/h6-10,13-16,24-25H,17-19H2,1-5H3,(H,32,37)(H,33,36)(H3,30,31,34)/t24-,25+/m0/s1. The molecule has 0 aliphatic heterocycles. The highest BCUT2D eigenvalue weighted by molar-refractivity contribution is 5.92. The molecular weight excluding hydrogens is 466 g/mol. The van der Waals surface area contributed by atoms with E-state index in [9.17, 15) is 14.4 Å². The predicted molar refractivity (Wildman–Crippen MR) is 147 cm³/mol. The van der Waals surface area contributed by atoms with E-state index in [0.29, 0.717) is 12.8 Å². The monoisotopic (exact) mass is 503 g/mol. The average Bonchev–Trinajstić information content (AvgIpc) is 2.85. The van der Waals surface area contributed by atoms with Gasteiger partial charge in [0.05, 0.1) is 12.6 Å². The summed E-state index contributed by atoms with van der Waals surface area (Å²) in [6.45, 7) is 7.17. The third-order valence-electron chi connectivity index (χ3n) is 5.46. The molecule has 0 saturated heterocycles. The van der Waals surface area contributed by atoms with E-state index < -0.39 is 18.0 Å². The Labute approximate surface area is 219 Å². The van der Waals surface area contributed by atoms with E-state index in [2.05, 4.69) is 32.8 Å². The molecule has 8 nitrogen and oxygen atoms in total. The summed E-state index contributed by atoms with van der Waals surface area (Å²) < 4.78 is 0. The second-order valence-electron chi connectivity index (χ2n) is 10.0. The summed E-state index contributed by atoms with van der Waals surface area (Å²) in [7, 11) is 1.52. The van der Waals surface area contributed by atoms with Crippen molar-refractivity contribution in [3.05, 3.63) is 71.3 Å². The lowest BCUT2D eigenvalue weighted by Gasteiger charge is -2.26. The second kappa shape index (κ2) is 13.8. The fraction of sp³-hybridized carbons (Fsp3) is 0.379. The van der Waals surface area contributed by atoms with E-state index in [-0.39, 0.29) is 29.6 Å². The first-order valence-electron chi connectivity index (χ1n) is 12.2. The zero-order valence-electron chi connectivity index (χ0n) is 22.2. The Kier molecular flexibility index (Phi) is 10.9. The summed E-state index contributed by atoms with van der Waals surface area (Å²) in [4.78, 5) is 41.3. The molecule has 2 rings (SSSR count). The minimum absolute atomic E-state index is 0.141. The number of guanidine groups is 1. The molecule has 2 aromatic rings. The van der Waals surface area contributed by atoms with Crippen LogP contribution >= 0.6 is 0 Å². The zero-order chi connectivity index (χ0) is 27.4. The van der Waals surface area contributed by atoms with E-state index >= 15 is 0 Å². The van der Waals surface area contributed by atoms with Gasteiger partial charge in [0.2, 0.25) is 11.8 Å². The third kappa shape index (κ3) is 11.0. The molecule has 2 aromatic carbocycles. The van der Waals surface area contributed by atoms with E-state index in [4.69, 9.17) is 5.73 Å². The Hall–Kier alpha value is -4.12. The fourth-order valence-corrected chi connectivity index (χ4v) is 3.52. The second-order valence-corrected chi connectivity index (χ2v) is 10.0. The number of carbonyl (C=O) groups excluding carboxylic acids is 3. The van der Waals surface area contributed by atoms with Crippen LogP contribution in [-0.2, 0) is 20.8 Å². The minimum atomic E-state index is -0.711. The molecule has 0 heterocycles. The van der Waals surface area contributed by atoms with Gasteiger partial charge in [0.15, 0.2) is 11.7 Å². The zero-order valence-corrected chi connectivity index (χ0v) is 22.2. The van der Waals surface area contributed by atoms with Gasteiger partial charge in [0.1, 0.15) is 6.04 Å². The van der Waals surface area contributed by atoms with Gasteiger partial charge in [-0.05, 0) is 55.0 Å². The van der Waals surface area contributed by atoms with Crippen LogP contribution in [0.25, 0.3) is 0 Å². The first kappa shape index (κ1) is 29.1. The molecule has 196 valence electrons. The van der Waals surface area contributed by atoms with Crippen molar-refractivity contribution in [3.63, 3.8) is 0 Å². The van der Waals surface area contributed by atoms with Crippen LogP contribution in [0.15, 0.2) is 59.6 Å². The van der Waals surface area contributed by atoms with Gasteiger partial charge in [-0.2, -0.15) is 0 Å². The fourth-order valence-electron chi connectivity index (χ4n) is 3.52. The number of amides is 2. The van der Waals surface area contributed by atoms with E-state index in [1.165, 1.54) is 14.0 Å². The summed E-state index contributed by atoms with van der Waals surface area (Å²) in [5, 5.41) is 8.23. The van der Waals surface area contributed by atoms with Crippen LogP contribution in [0.1, 0.15) is 50.8 Å². The maximum atomic E-state index is 12.7. The normalized spacial score (nSPS) is 12.9. The number of carbonyl (C=O) groups is 3. The Balaban J connectivity index is 1.95. The summed E-state index contributed by atoms with van der Waals surface area (Å²) >= 11 is 0. The molecule has 0 spiro atoms. The van der Waals surface area contributed by atoms with Crippen molar-refractivity contribution in [1.29, 1.82) is 0 Å². The van der Waals surface area contributed by atoms with Crippen LogP contribution in [-0.4, -0.2) is 49.2 Å². The van der Waals surface area contributed by atoms with Crippen LogP contribution < -0.4 is 21.7 Å². The SMILES string of the molecule is CN=C(N)N[C@H](CC(C)(C)C)C(=O)NCC(=O)N[C@@H](Cc1ccc(C#Cc2ccccc2)cc1)C(C)=O. The van der Waals surface area contributed by atoms with Gasteiger partial charge in [-0.15, -0.1) is 0 Å². The Bertz CT molecular complexity index is 1160. The maximum Gasteiger partial charge on any atom is 0.243 e. The third-order valence-corrected chi connectivity index (χ3v) is 5.46. The first-order chi connectivity index (χ1) is 17.5. The number of hydrogen-bond donors (Lipinski definition) is 4. The molecule has 0 radical (unpaired) electrons. The van der Waals surface area contributed by atoms with Crippen LogP contribution in [0.4, 0.5) is 0 Å². The molecule has 0 fully saturated rings. The predicted octanol–water partition coefficient (Wildman–Crippen LogP) is 2.16. The van der Waals surface area contributed by atoms with E-state index in [1.807, 2.05) is 75.4 Å². The number of ketones is 1. The maximum absolute atomic E-state index is 12.7. The first-order valence-corrected chi connectivity index (χ1v) is 12.2. The number of nitrogens with zero attached hydrogens (tertiary/aromatic N) is 1. The topological polar surface area (TPSA) is 126 Å². The number of aliphatic imine (C=N–C) groups is 1. The summed E-state index contributed by atoms with van der Waals surface area (Å²) in [5.74, 6) is 5.37. The van der Waals surface area contributed by atoms with Gasteiger partial charge < -0.3 is 21.7 Å². The molecule has 2 amide bonds. The smallest absolute Gasteiger partial charge is 0.243 e. The molecular formula is C29H37N5O3. The van der Waals surface area contributed by atoms with Crippen LogP contribution in [0.3, 0.4) is 0 Å². The number of nitrogens with one attached hydrogen (secondary N) is 3. The Morgan fingerprint density at radius 3 is 2.05 bits per heavy atom. The van der Waals surface area contributed by atoms with Gasteiger partial charge in [-0.3, -0.25) is 19.4 Å². The molecule has 0 bridgehead atoms. The molecule has 0 unspecified atom stereocenters. The van der Waals surface area contributed by atoms with Crippen molar-refractivity contribution in [1.82, 2.24) is 16.0 Å². The average molecular weight is 504 g/mol. The van der Waals surface area contributed by atoms with E-state index in [0.717, 1.165) is 16.7 Å². The van der Waals surface area contributed by atoms with Crippen LogP contribution in [0, 0.1) is 17.3 Å². The van der Waals surface area contributed by atoms with Crippen LogP contribution in [0.2, 0.25) is 0 Å². The lowest BCUT2D eigenvalue weighted by molar-refractivity contribution is -0.129. The van der Waals surface area contributed by atoms with Gasteiger partial charge in [-0.1, -0.05) is 62.9 Å². The number of rotatable bonds is 9. The molecule has 0 saturated carbocycles. The Morgan fingerprint density at radius 2 is 1.51 bits per heavy atom. The molecule has 5 N–H and O–H groups in total. The molecule has 0 aliphatic carbocycles. The van der Waals surface area contributed by atoms with Crippen molar-refractivity contribution < 1.29 is 14.4 Å². The van der Waals surface area contributed by atoms with E-state index in [1.54, 1.807) is 0 Å². The molecule has 0 aromatic heterocycles. The minimum Gasteiger partial charge on any atom is -0.370 e. The molecule has 2 atom stereocenters. The van der Waals surface area contributed by atoms with Crippen LogP contribution in [0.5, 0.6) is 0 Å². The highest BCUT2D eigenvalue weighted by Crippen LogP contribution is 2.20. The molecule has 0 aliphatic rings. The highest BCUT2D eigenvalue weighted by Gasteiger charge is 2.26. The lowest BCUT2D eigenvalue weighted by Crippen LogP contribution is -2.53. The van der Waals surface area contributed by atoms with Gasteiger partial charge in [0.25, 0.3) is 0 Å². The molecule has 8 heteroatoms. The van der Waals surface area contributed by atoms with Crippen molar-refractivity contribution in [2.24, 2.45) is 16.1 Å². The lowest BCUT2D eigenvalue weighted by atomic mass is 9.88. The van der Waals surface area contributed by atoms with Crippen molar-refractivity contribution in [2.45, 2.75) is 52.6 Å². The van der Waals surface area contributed by atoms with Gasteiger partial charge >= 0.3 is 0 Å². The number of Topliss-reactive ketones (excluding diaryl/α,β-unsaturated/α-hetero) is 1. The number of hydrogen-bond acceptors (Lipinski definition) is 4. The quantitative estimate of drug-likeness (QED) is 0.237. The Morgan fingerprint density at radius 1 is 0.919 bits per heavy atom. The highest BCUT2D eigenvalue weighted by atomic mass is 16.2. The summed E-state index contributed by atoms with van der Waals surface area (Å²) in [6.07, 6.45) is 0.817. The van der Waals surface area contributed by atoms with Crippen molar-refractivity contribution in [3.8, 4) is 11.8 Å². The van der Waals surface area contributed by atoms with Crippen molar-refractivity contribution in [2.75, 3.05) is 13.6 Å². The number of benzene rings is 2. The summed E-state index contributed by atoms with van der Waals surface area (Å²) in [5.41, 5.74) is 8.26. The largest absolute Gasteiger partial charge is 0.370 e. The van der Waals surface area contributed by atoms with Gasteiger partial charge in [0, 0.05) is 18.2 Å². The number of nitrogens with two attached hydrogens (primary N) is 1. The van der Waals surface area contributed by atoms with Crippen molar-refractivity contribution >= 4 is 23.6 Å². The molecule has 37 heavy (non-hydrogen) atoms. The summed E-state index contributed by atoms with van der Waals surface area (Å²) in [6, 6.07) is 15.9.